The standard InChI is InChI=1S/C27H26N6O/c28-23-19-8-4-2-6-17(19)15-27(23)11-13-33(14-12-27)26-29-24-21(25(34)30-26)22(31-32-24)20-10-9-16-5-1-3-7-18(16)20/h1-8,10,23H,9,11-15,28H2,(H2,29,30,31,32,34)/t23-/m1/s1. The molecule has 1 atom stereocenters. The number of aromatic amines is 2. The number of anilines is 1. The van der Waals surface area contributed by atoms with E-state index in [1.807, 2.05) is 12.1 Å². The van der Waals surface area contributed by atoms with E-state index in [9.17, 15) is 4.79 Å². The van der Waals surface area contributed by atoms with Crippen molar-refractivity contribution in [1.82, 2.24) is 20.2 Å². The number of aromatic nitrogens is 4. The summed E-state index contributed by atoms with van der Waals surface area (Å²) in [5.74, 6) is 0.604. The molecule has 3 heterocycles. The highest BCUT2D eigenvalue weighted by Crippen LogP contribution is 2.50. The molecule has 1 spiro atoms. The molecule has 0 bridgehead atoms. The number of rotatable bonds is 2. The monoisotopic (exact) mass is 450 g/mol. The van der Waals surface area contributed by atoms with Gasteiger partial charge in [0.2, 0.25) is 5.95 Å². The van der Waals surface area contributed by atoms with Crippen LogP contribution in [0, 0.1) is 5.41 Å². The number of hydrogen-bond donors (Lipinski definition) is 3. The van der Waals surface area contributed by atoms with Gasteiger partial charge in [-0.05, 0) is 53.4 Å². The number of nitrogens with two attached hydrogens (primary N) is 1. The van der Waals surface area contributed by atoms with E-state index in [0.717, 1.165) is 49.9 Å². The van der Waals surface area contributed by atoms with Gasteiger partial charge in [-0.3, -0.25) is 14.9 Å². The number of nitrogens with one attached hydrogen (secondary N) is 2. The minimum atomic E-state index is -0.153. The summed E-state index contributed by atoms with van der Waals surface area (Å²) in [4.78, 5) is 23.2. The highest BCUT2D eigenvalue weighted by molar-refractivity contribution is 5.95. The summed E-state index contributed by atoms with van der Waals surface area (Å²) < 4.78 is 0. The zero-order valence-corrected chi connectivity index (χ0v) is 18.8. The Balaban J connectivity index is 1.17. The first-order chi connectivity index (χ1) is 16.6. The molecular formula is C27H26N6O. The molecule has 2 aliphatic carbocycles. The van der Waals surface area contributed by atoms with E-state index in [1.54, 1.807) is 0 Å². The quantitative estimate of drug-likeness (QED) is 0.434. The first-order valence-electron chi connectivity index (χ1n) is 12.0. The number of H-pyrrole nitrogens is 2. The molecule has 0 amide bonds. The number of fused-ring (bicyclic) bond motifs is 3. The third kappa shape index (κ3) is 2.77. The normalized spacial score (nSPS) is 20.6. The van der Waals surface area contributed by atoms with Crippen LogP contribution in [0.4, 0.5) is 5.95 Å². The number of allylic oxidation sites excluding steroid dienone is 1. The fourth-order valence-corrected chi connectivity index (χ4v) is 6.25. The van der Waals surface area contributed by atoms with Crippen molar-refractivity contribution in [2.45, 2.75) is 31.7 Å². The molecule has 0 radical (unpaired) electrons. The summed E-state index contributed by atoms with van der Waals surface area (Å²) in [6, 6.07) is 16.9. The van der Waals surface area contributed by atoms with Crippen molar-refractivity contribution in [3.63, 3.8) is 0 Å². The smallest absolute Gasteiger partial charge is 0.264 e. The van der Waals surface area contributed by atoms with Crippen molar-refractivity contribution in [3.05, 3.63) is 92.9 Å². The number of nitrogens with zero attached hydrogens (tertiary/aromatic N) is 3. The summed E-state index contributed by atoms with van der Waals surface area (Å²) in [5.41, 5.74) is 13.9. The maximum absolute atomic E-state index is 13.2. The lowest BCUT2D eigenvalue weighted by Gasteiger charge is -2.42. The van der Waals surface area contributed by atoms with Gasteiger partial charge in [0.05, 0.1) is 0 Å². The van der Waals surface area contributed by atoms with Crippen molar-refractivity contribution in [2.75, 3.05) is 18.0 Å². The highest BCUT2D eigenvalue weighted by atomic mass is 16.1. The maximum Gasteiger partial charge on any atom is 0.264 e. The third-order valence-corrected chi connectivity index (χ3v) is 8.16. The van der Waals surface area contributed by atoms with Crippen molar-refractivity contribution >= 4 is 22.6 Å². The molecule has 4 N–H and O–H groups in total. The molecule has 7 nitrogen and oxygen atoms in total. The summed E-state index contributed by atoms with van der Waals surface area (Å²) in [5, 5.41) is 8.04. The lowest BCUT2D eigenvalue weighted by molar-refractivity contribution is 0.187. The topological polar surface area (TPSA) is 104 Å². The van der Waals surface area contributed by atoms with E-state index in [4.69, 9.17) is 10.7 Å². The van der Waals surface area contributed by atoms with Crippen LogP contribution in [0.3, 0.4) is 0 Å². The Bertz CT molecular complexity index is 1520. The van der Waals surface area contributed by atoms with Gasteiger partial charge in [-0.2, -0.15) is 10.1 Å². The van der Waals surface area contributed by atoms with Crippen LogP contribution in [0.15, 0.2) is 59.4 Å². The van der Waals surface area contributed by atoms with Gasteiger partial charge >= 0.3 is 0 Å². The van der Waals surface area contributed by atoms with Gasteiger partial charge in [0.15, 0.2) is 5.65 Å². The predicted molar refractivity (Wildman–Crippen MR) is 133 cm³/mol. The number of piperidine rings is 1. The average Bonchev–Trinajstić information content (AvgIpc) is 3.55. The van der Waals surface area contributed by atoms with Gasteiger partial charge in [0.1, 0.15) is 11.1 Å². The zero-order valence-electron chi connectivity index (χ0n) is 18.8. The van der Waals surface area contributed by atoms with Crippen LogP contribution in [0.5, 0.6) is 0 Å². The first-order valence-corrected chi connectivity index (χ1v) is 12.0. The molecule has 1 fully saturated rings. The SMILES string of the molecule is N[C@@H]1c2ccccc2CC12CCN(c1nc3[nH]nc(C4=CCc5ccccc54)c3c(=O)[nH]1)CC2. The summed E-state index contributed by atoms with van der Waals surface area (Å²) >= 11 is 0. The minimum Gasteiger partial charge on any atom is -0.342 e. The number of hydrogen-bond acceptors (Lipinski definition) is 5. The van der Waals surface area contributed by atoms with E-state index >= 15 is 0 Å². The van der Waals surface area contributed by atoms with E-state index < -0.39 is 0 Å². The Hall–Kier alpha value is -3.71. The lowest BCUT2D eigenvalue weighted by Crippen LogP contribution is -2.45. The minimum absolute atomic E-state index is 0.0677. The van der Waals surface area contributed by atoms with Crippen LogP contribution in [-0.2, 0) is 12.8 Å². The Morgan fingerprint density at radius 1 is 1.03 bits per heavy atom. The molecule has 34 heavy (non-hydrogen) atoms. The van der Waals surface area contributed by atoms with Crippen LogP contribution in [0.25, 0.3) is 16.6 Å². The average molecular weight is 451 g/mol. The van der Waals surface area contributed by atoms with Crippen LogP contribution >= 0.6 is 0 Å². The van der Waals surface area contributed by atoms with E-state index in [2.05, 4.69) is 62.6 Å². The lowest BCUT2D eigenvalue weighted by atomic mass is 9.73. The summed E-state index contributed by atoms with van der Waals surface area (Å²) in [7, 11) is 0. The van der Waals surface area contributed by atoms with Gasteiger partial charge < -0.3 is 10.6 Å². The molecule has 170 valence electrons. The second kappa shape index (κ2) is 7.14. The molecule has 0 unspecified atom stereocenters. The van der Waals surface area contributed by atoms with E-state index in [-0.39, 0.29) is 17.0 Å². The van der Waals surface area contributed by atoms with Crippen LogP contribution in [-0.4, -0.2) is 33.3 Å². The van der Waals surface area contributed by atoms with E-state index in [0.29, 0.717) is 22.7 Å². The first kappa shape index (κ1) is 19.7. The van der Waals surface area contributed by atoms with Crippen molar-refractivity contribution in [3.8, 4) is 0 Å². The maximum atomic E-state index is 13.2. The Morgan fingerprint density at radius 2 is 1.79 bits per heavy atom. The Labute approximate surface area is 196 Å². The molecule has 4 aromatic rings. The van der Waals surface area contributed by atoms with Crippen LogP contribution in [0.2, 0.25) is 0 Å². The molecule has 2 aromatic heterocycles. The zero-order chi connectivity index (χ0) is 22.9. The van der Waals surface area contributed by atoms with Gasteiger partial charge in [-0.15, -0.1) is 0 Å². The highest BCUT2D eigenvalue weighted by Gasteiger charge is 2.46. The summed E-state index contributed by atoms with van der Waals surface area (Å²) in [6.45, 7) is 1.63. The van der Waals surface area contributed by atoms with Crippen LogP contribution in [0.1, 0.15) is 46.8 Å². The molecule has 7 rings (SSSR count). The van der Waals surface area contributed by atoms with Crippen molar-refractivity contribution < 1.29 is 0 Å². The Morgan fingerprint density at radius 3 is 2.62 bits per heavy atom. The van der Waals surface area contributed by atoms with Gasteiger partial charge in [0, 0.05) is 24.7 Å². The third-order valence-electron chi connectivity index (χ3n) is 8.16. The van der Waals surface area contributed by atoms with Crippen LogP contribution < -0.4 is 16.2 Å². The molecule has 0 saturated carbocycles. The second-order valence-corrected chi connectivity index (χ2v) is 9.87. The molecular weight excluding hydrogens is 424 g/mol. The fraction of sp³-hybridized carbons (Fsp3) is 0.296. The second-order valence-electron chi connectivity index (χ2n) is 9.87. The number of benzene rings is 2. The van der Waals surface area contributed by atoms with E-state index in [1.165, 1.54) is 16.7 Å². The van der Waals surface area contributed by atoms with Gasteiger partial charge in [-0.1, -0.05) is 54.6 Å². The molecule has 1 aliphatic heterocycles. The van der Waals surface area contributed by atoms with Gasteiger partial charge in [-0.25, -0.2) is 0 Å². The van der Waals surface area contributed by atoms with Crippen molar-refractivity contribution in [1.29, 1.82) is 0 Å². The van der Waals surface area contributed by atoms with Crippen molar-refractivity contribution in [2.24, 2.45) is 11.1 Å². The fourth-order valence-electron chi connectivity index (χ4n) is 6.25. The van der Waals surface area contributed by atoms with Gasteiger partial charge in [0.25, 0.3) is 5.56 Å². The molecule has 3 aliphatic rings. The largest absolute Gasteiger partial charge is 0.342 e. The Kier molecular flexibility index (Phi) is 4.14. The summed E-state index contributed by atoms with van der Waals surface area (Å²) in [6.07, 6.45) is 5.97. The predicted octanol–water partition coefficient (Wildman–Crippen LogP) is 3.48. The molecule has 7 heteroatoms. The molecule has 1 saturated heterocycles. The molecule has 2 aromatic carbocycles.